The highest BCUT2D eigenvalue weighted by molar-refractivity contribution is 6.06. The van der Waals surface area contributed by atoms with Crippen molar-refractivity contribution in [1.29, 1.82) is 0 Å². The third kappa shape index (κ3) is 2.33. The number of ether oxygens (including phenoxy) is 1. The largest absolute Gasteiger partial charge is 0.335 e. The molecule has 0 saturated carbocycles. The second-order valence-corrected chi connectivity index (χ2v) is 4.33. The zero-order valence-corrected chi connectivity index (χ0v) is 10.3. The van der Waals surface area contributed by atoms with E-state index in [0.717, 1.165) is 23.1 Å². The molecule has 2 aromatic rings. The molecular weight excluding hydrogens is 238 g/mol. The summed E-state index contributed by atoms with van der Waals surface area (Å²) in [5, 5.41) is 0. The normalized spacial score (nSPS) is 22.0. The first-order chi connectivity index (χ1) is 9.38. The molecule has 2 unspecified atom stereocenters. The van der Waals surface area contributed by atoms with E-state index in [1.165, 1.54) is 0 Å². The third-order valence-corrected chi connectivity index (χ3v) is 3.08. The van der Waals surface area contributed by atoms with E-state index in [2.05, 4.69) is 4.99 Å². The molecule has 2 aromatic carbocycles. The van der Waals surface area contributed by atoms with E-state index in [0.29, 0.717) is 0 Å². The topological polar surface area (TPSA) is 38.7 Å². The van der Waals surface area contributed by atoms with Crippen molar-refractivity contribution in [1.82, 2.24) is 0 Å². The van der Waals surface area contributed by atoms with Gasteiger partial charge in [-0.25, -0.2) is 4.99 Å². The van der Waals surface area contributed by atoms with Gasteiger partial charge in [0.2, 0.25) is 6.23 Å². The van der Waals surface area contributed by atoms with Gasteiger partial charge in [0.25, 0.3) is 0 Å². The molecule has 1 aliphatic heterocycles. The van der Waals surface area contributed by atoms with Gasteiger partial charge >= 0.3 is 0 Å². The Kier molecular flexibility index (Phi) is 3.21. The Morgan fingerprint density at radius 1 is 0.947 bits per heavy atom. The molecular formula is C16H13NO2. The van der Waals surface area contributed by atoms with Gasteiger partial charge in [-0.1, -0.05) is 60.7 Å². The SMILES string of the molecule is O=CC1N=C(c2ccccc2)C(c2ccccc2)O1. The quantitative estimate of drug-likeness (QED) is 0.787. The molecule has 3 rings (SSSR count). The first kappa shape index (κ1) is 11.8. The van der Waals surface area contributed by atoms with Crippen LogP contribution in [0.5, 0.6) is 0 Å². The van der Waals surface area contributed by atoms with E-state index in [1.807, 2.05) is 60.7 Å². The number of aldehydes is 1. The van der Waals surface area contributed by atoms with Gasteiger partial charge in [0, 0.05) is 0 Å². The van der Waals surface area contributed by atoms with Crippen LogP contribution >= 0.6 is 0 Å². The Morgan fingerprint density at radius 3 is 2.21 bits per heavy atom. The van der Waals surface area contributed by atoms with Crippen molar-refractivity contribution < 1.29 is 9.53 Å². The first-order valence-electron chi connectivity index (χ1n) is 6.17. The van der Waals surface area contributed by atoms with E-state index in [4.69, 9.17) is 4.74 Å². The van der Waals surface area contributed by atoms with Crippen LogP contribution in [0.4, 0.5) is 0 Å². The lowest BCUT2D eigenvalue weighted by Gasteiger charge is -2.13. The first-order valence-corrected chi connectivity index (χ1v) is 6.17. The Labute approximate surface area is 111 Å². The summed E-state index contributed by atoms with van der Waals surface area (Å²) < 4.78 is 5.69. The lowest BCUT2D eigenvalue weighted by Crippen LogP contribution is -2.13. The van der Waals surface area contributed by atoms with Crippen LogP contribution in [-0.4, -0.2) is 18.2 Å². The van der Waals surface area contributed by atoms with Crippen LogP contribution in [0.15, 0.2) is 65.7 Å². The fraction of sp³-hybridized carbons (Fsp3) is 0.125. The van der Waals surface area contributed by atoms with E-state index < -0.39 is 6.23 Å². The number of hydrogen-bond donors (Lipinski definition) is 0. The van der Waals surface area contributed by atoms with Gasteiger partial charge in [-0.05, 0) is 11.1 Å². The van der Waals surface area contributed by atoms with Crippen molar-refractivity contribution in [2.45, 2.75) is 12.3 Å². The second-order valence-electron chi connectivity index (χ2n) is 4.33. The average molecular weight is 251 g/mol. The minimum atomic E-state index is -0.708. The molecule has 0 N–H and O–H groups in total. The average Bonchev–Trinajstić information content (AvgIpc) is 2.93. The van der Waals surface area contributed by atoms with Crippen LogP contribution in [0.1, 0.15) is 17.2 Å². The molecule has 0 aliphatic carbocycles. The molecule has 19 heavy (non-hydrogen) atoms. The van der Waals surface area contributed by atoms with E-state index >= 15 is 0 Å². The van der Waals surface area contributed by atoms with Crippen molar-refractivity contribution in [3.63, 3.8) is 0 Å². The summed E-state index contributed by atoms with van der Waals surface area (Å²) in [6, 6.07) is 19.6. The highest BCUT2D eigenvalue weighted by atomic mass is 16.5. The molecule has 1 heterocycles. The zero-order valence-electron chi connectivity index (χ0n) is 10.3. The molecule has 0 bridgehead atoms. The predicted molar refractivity (Wildman–Crippen MR) is 73.1 cm³/mol. The van der Waals surface area contributed by atoms with Crippen LogP contribution < -0.4 is 0 Å². The molecule has 3 heteroatoms. The highest BCUT2D eigenvalue weighted by Gasteiger charge is 2.30. The maximum absolute atomic E-state index is 10.9. The Bertz CT molecular complexity index is 593. The van der Waals surface area contributed by atoms with E-state index in [-0.39, 0.29) is 6.10 Å². The fourth-order valence-electron chi connectivity index (χ4n) is 2.20. The number of carbonyl (C=O) groups is 1. The van der Waals surface area contributed by atoms with Crippen molar-refractivity contribution >= 4 is 12.0 Å². The van der Waals surface area contributed by atoms with Gasteiger partial charge in [0.05, 0.1) is 5.71 Å². The molecule has 0 aromatic heterocycles. The molecule has 94 valence electrons. The lowest BCUT2D eigenvalue weighted by atomic mass is 9.99. The van der Waals surface area contributed by atoms with Crippen LogP contribution in [0, 0.1) is 0 Å². The van der Waals surface area contributed by atoms with Crippen LogP contribution in [0.2, 0.25) is 0 Å². The minimum absolute atomic E-state index is 0.279. The Balaban J connectivity index is 2.01. The van der Waals surface area contributed by atoms with Gasteiger partial charge < -0.3 is 4.74 Å². The third-order valence-electron chi connectivity index (χ3n) is 3.08. The van der Waals surface area contributed by atoms with Gasteiger partial charge in [-0.2, -0.15) is 0 Å². The number of hydrogen-bond acceptors (Lipinski definition) is 3. The number of rotatable bonds is 3. The second kappa shape index (κ2) is 5.16. The van der Waals surface area contributed by atoms with E-state index in [9.17, 15) is 4.79 Å². The molecule has 2 atom stereocenters. The predicted octanol–water partition coefficient (Wildman–Crippen LogP) is 2.77. The standard InChI is InChI=1S/C16H13NO2/c18-11-14-17-15(12-7-3-1-4-8-12)16(19-14)13-9-5-2-6-10-13/h1-11,14,16H. The summed E-state index contributed by atoms with van der Waals surface area (Å²) in [5.74, 6) is 0. The smallest absolute Gasteiger partial charge is 0.205 e. The van der Waals surface area contributed by atoms with E-state index in [1.54, 1.807) is 0 Å². The molecule has 0 saturated heterocycles. The minimum Gasteiger partial charge on any atom is -0.335 e. The highest BCUT2D eigenvalue weighted by Crippen LogP contribution is 2.29. The number of benzene rings is 2. The van der Waals surface area contributed by atoms with Gasteiger partial charge in [0.1, 0.15) is 6.10 Å². The molecule has 0 amide bonds. The van der Waals surface area contributed by atoms with Gasteiger partial charge in [-0.3, -0.25) is 4.79 Å². The lowest BCUT2D eigenvalue weighted by molar-refractivity contribution is -0.117. The Morgan fingerprint density at radius 2 is 1.58 bits per heavy atom. The zero-order chi connectivity index (χ0) is 13.1. The fourth-order valence-corrected chi connectivity index (χ4v) is 2.20. The number of nitrogens with zero attached hydrogens (tertiary/aromatic N) is 1. The maximum Gasteiger partial charge on any atom is 0.205 e. The number of carbonyl (C=O) groups excluding carboxylic acids is 1. The summed E-state index contributed by atoms with van der Waals surface area (Å²) in [5.41, 5.74) is 2.80. The van der Waals surface area contributed by atoms with Crippen molar-refractivity contribution in [2.24, 2.45) is 4.99 Å². The summed E-state index contributed by atoms with van der Waals surface area (Å²) in [6.45, 7) is 0. The van der Waals surface area contributed by atoms with Crippen molar-refractivity contribution in [3.05, 3.63) is 71.8 Å². The van der Waals surface area contributed by atoms with Crippen molar-refractivity contribution in [2.75, 3.05) is 0 Å². The molecule has 0 spiro atoms. The van der Waals surface area contributed by atoms with Gasteiger partial charge in [-0.15, -0.1) is 0 Å². The summed E-state index contributed by atoms with van der Waals surface area (Å²) in [4.78, 5) is 15.3. The monoisotopic (exact) mass is 251 g/mol. The maximum atomic E-state index is 10.9. The Hall–Kier alpha value is -2.26. The van der Waals surface area contributed by atoms with Crippen LogP contribution in [-0.2, 0) is 9.53 Å². The molecule has 0 fully saturated rings. The van der Waals surface area contributed by atoms with Gasteiger partial charge in [0.15, 0.2) is 6.29 Å². The van der Waals surface area contributed by atoms with Crippen LogP contribution in [0.3, 0.4) is 0 Å². The molecule has 0 radical (unpaired) electrons. The van der Waals surface area contributed by atoms with Crippen molar-refractivity contribution in [3.8, 4) is 0 Å². The molecule has 1 aliphatic rings. The summed E-state index contributed by atoms with van der Waals surface area (Å²) >= 11 is 0. The summed E-state index contributed by atoms with van der Waals surface area (Å²) in [6.07, 6.45) is -0.259. The molecule has 3 nitrogen and oxygen atoms in total. The van der Waals surface area contributed by atoms with Crippen LogP contribution in [0.25, 0.3) is 0 Å². The number of aliphatic imine (C=N–C) groups is 1. The summed E-state index contributed by atoms with van der Waals surface area (Å²) in [7, 11) is 0.